The van der Waals surface area contributed by atoms with Crippen molar-refractivity contribution < 1.29 is 23.6 Å². The van der Waals surface area contributed by atoms with E-state index < -0.39 is 11.8 Å². The Balaban J connectivity index is 1.55. The third-order valence-electron chi connectivity index (χ3n) is 3.18. The van der Waals surface area contributed by atoms with E-state index in [-0.39, 0.29) is 37.8 Å². The Morgan fingerprint density at radius 3 is 2.38 bits per heavy atom. The van der Waals surface area contributed by atoms with Crippen molar-refractivity contribution in [3.63, 3.8) is 0 Å². The maximum atomic E-state index is 11.7. The molecule has 9 heteroatoms. The molecule has 0 aliphatic rings. The molecule has 0 atom stereocenters. The van der Waals surface area contributed by atoms with E-state index in [4.69, 9.17) is 9.25 Å². The summed E-state index contributed by atoms with van der Waals surface area (Å²) >= 11 is 3.09. The van der Waals surface area contributed by atoms with Crippen LogP contribution >= 0.6 is 15.9 Å². The molecule has 1 aromatic heterocycles. The lowest BCUT2D eigenvalue weighted by atomic mass is 10.2. The summed E-state index contributed by atoms with van der Waals surface area (Å²) in [5.41, 5.74) is 3.20. The molecule has 3 amide bonds. The lowest BCUT2D eigenvalue weighted by Crippen LogP contribution is -2.37. The number of nitrogens with one attached hydrogen (secondary N) is 3. The summed E-state index contributed by atoms with van der Waals surface area (Å²) < 4.78 is 5.51. The molecule has 1 heterocycles. The largest absolute Gasteiger partial charge is 0.444 e. The topological polar surface area (TPSA) is 110 Å². The molecule has 0 bridgehead atoms. The Morgan fingerprint density at radius 1 is 0.962 bits per heavy atom. The van der Waals surface area contributed by atoms with E-state index in [1.54, 1.807) is 6.07 Å². The predicted octanol–water partition coefficient (Wildman–Crippen LogP) is 1.87. The number of carbonyl (C=O) groups is 3. The number of hydrogen-bond donors (Lipinski definition) is 3. The number of halogens is 1. The van der Waals surface area contributed by atoms with Crippen molar-refractivity contribution in [1.82, 2.24) is 16.1 Å². The second-order valence-corrected chi connectivity index (χ2v) is 5.97. The Morgan fingerprint density at radius 2 is 1.69 bits per heavy atom. The first-order valence-corrected chi connectivity index (χ1v) is 8.58. The van der Waals surface area contributed by atoms with Gasteiger partial charge in [-0.15, -0.1) is 0 Å². The normalized spacial score (nSPS) is 10.2. The first-order valence-electron chi connectivity index (χ1n) is 7.79. The van der Waals surface area contributed by atoms with Gasteiger partial charge in [-0.05, 0) is 33.6 Å². The van der Waals surface area contributed by atoms with Gasteiger partial charge in [-0.25, -0.2) is 5.48 Å². The van der Waals surface area contributed by atoms with Crippen LogP contribution in [0, 0.1) is 0 Å². The van der Waals surface area contributed by atoms with Crippen molar-refractivity contribution in [3.05, 3.63) is 58.5 Å². The summed E-state index contributed by atoms with van der Waals surface area (Å²) in [5, 5.41) is 4.95. The lowest BCUT2D eigenvalue weighted by molar-refractivity contribution is -0.136. The van der Waals surface area contributed by atoms with E-state index in [9.17, 15) is 14.4 Å². The Bertz CT molecular complexity index is 748. The minimum atomic E-state index is -0.456. The van der Waals surface area contributed by atoms with Gasteiger partial charge < -0.3 is 15.1 Å². The molecule has 1 aromatic carbocycles. The highest BCUT2D eigenvalue weighted by atomic mass is 79.9. The zero-order chi connectivity index (χ0) is 18.8. The van der Waals surface area contributed by atoms with E-state index in [0.29, 0.717) is 4.67 Å². The summed E-state index contributed by atoms with van der Waals surface area (Å²) in [6.07, 6.45) is -0.0532. The quantitative estimate of drug-likeness (QED) is 0.421. The number of hydroxylamine groups is 1. The van der Waals surface area contributed by atoms with Crippen LogP contribution in [-0.2, 0) is 21.0 Å². The van der Waals surface area contributed by atoms with Gasteiger partial charge in [0, 0.05) is 12.8 Å². The number of carbonyl (C=O) groups excluding carboxylic acids is 3. The molecule has 0 aliphatic carbocycles. The fourth-order valence-electron chi connectivity index (χ4n) is 1.89. The summed E-state index contributed by atoms with van der Waals surface area (Å²) in [7, 11) is 0. The van der Waals surface area contributed by atoms with Gasteiger partial charge in [0.2, 0.25) is 11.8 Å². The van der Waals surface area contributed by atoms with Gasteiger partial charge in [-0.3, -0.25) is 19.2 Å². The highest BCUT2D eigenvalue weighted by Crippen LogP contribution is 2.13. The van der Waals surface area contributed by atoms with Crippen LogP contribution in [0.3, 0.4) is 0 Å². The SMILES string of the molecule is O=C(CCC(=O)NOCc1ccccc1)NCNC(=O)c1ccc(Br)o1. The second-order valence-electron chi connectivity index (χ2n) is 5.19. The Labute approximate surface area is 158 Å². The molecule has 0 unspecified atom stereocenters. The first kappa shape index (κ1) is 19.7. The fraction of sp³-hybridized carbons (Fsp3) is 0.235. The van der Waals surface area contributed by atoms with E-state index in [2.05, 4.69) is 32.0 Å². The van der Waals surface area contributed by atoms with Gasteiger partial charge in [-0.1, -0.05) is 30.3 Å². The number of amides is 3. The van der Waals surface area contributed by atoms with Crippen LogP contribution in [0.1, 0.15) is 29.0 Å². The zero-order valence-electron chi connectivity index (χ0n) is 13.8. The van der Waals surface area contributed by atoms with Gasteiger partial charge in [0.25, 0.3) is 5.91 Å². The number of furan rings is 1. The highest BCUT2D eigenvalue weighted by Gasteiger charge is 2.11. The van der Waals surface area contributed by atoms with Crippen molar-refractivity contribution >= 4 is 33.7 Å². The Hall–Kier alpha value is -2.65. The number of rotatable bonds is 9. The molecule has 0 radical (unpaired) electrons. The van der Waals surface area contributed by atoms with Crippen molar-refractivity contribution in [2.45, 2.75) is 19.4 Å². The molecule has 0 saturated heterocycles. The highest BCUT2D eigenvalue weighted by molar-refractivity contribution is 9.10. The standard InChI is InChI=1S/C17H18BrN3O5/c18-14-7-6-13(26-14)17(24)20-11-19-15(22)8-9-16(23)21-25-10-12-4-2-1-3-5-12/h1-7H,8-11H2,(H,19,22)(H,20,24)(H,21,23). The smallest absolute Gasteiger partial charge is 0.288 e. The summed E-state index contributed by atoms with van der Waals surface area (Å²) in [6, 6.07) is 12.5. The third kappa shape index (κ3) is 7.08. The van der Waals surface area contributed by atoms with Crippen molar-refractivity contribution in [3.8, 4) is 0 Å². The molecule has 8 nitrogen and oxygen atoms in total. The molecular weight excluding hydrogens is 406 g/mol. The molecule has 2 rings (SSSR count). The van der Waals surface area contributed by atoms with E-state index >= 15 is 0 Å². The number of hydrogen-bond acceptors (Lipinski definition) is 5. The molecule has 0 spiro atoms. The van der Waals surface area contributed by atoms with Crippen LogP contribution in [0.2, 0.25) is 0 Å². The molecule has 3 N–H and O–H groups in total. The first-order chi connectivity index (χ1) is 12.5. The lowest BCUT2D eigenvalue weighted by Gasteiger charge is -2.07. The average molecular weight is 424 g/mol. The monoisotopic (exact) mass is 423 g/mol. The van der Waals surface area contributed by atoms with Crippen LogP contribution in [0.5, 0.6) is 0 Å². The van der Waals surface area contributed by atoms with Crippen LogP contribution in [0.25, 0.3) is 0 Å². The molecule has 26 heavy (non-hydrogen) atoms. The predicted molar refractivity (Wildman–Crippen MR) is 95.5 cm³/mol. The molecule has 0 aliphatic heterocycles. The van der Waals surface area contributed by atoms with Crippen LogP contribution < -0.4 is 16.1 Å². The van der Waals surface area contributed by atoms with Gasteiger partial charge >= 0.3 is 0 Å². The molecule has 0 saturated carbocycles. The summed E-state index contributed by atoms with van der Waals surface area (Å²) in [4.78, 5) is 40.0. The second kappa shape index (κ2) is 10.4. The van der Waals surface area contributed by atoms with Crippen LogP contribution in [0.15, 0.2) is 51.6 Å². The van der Waals surface area contributed by atoms with Gasteiger partial charge in [0.15, 0.2) is 10.4 Å². The van der Waals surface area contributed by atoms with Gasteiger partial charge in [-0.2, -0.15) is 0 Å². The van der Waals surface area contributed by atoms with Crippen LogP contribution in [-0.4, -0.2) is 24.4 Å². The zero-order valence-corrected chi connectivity index (χ0v) is 15.4. The molecule has 2 aromatic rings. The minimum absolute atomic E-state index is 0.0251. The summed E-state index contributed by atoms with van der Waals surface area (Å²) in [6.45, 7) is 0.176. The minimum Gasteiger partial charge on any atom is -0.444 e. The Kier molecular flexibility index (Phi) is 7.84. The molecular formula is C17H18BrN3O5. The van der Waals surface area contributed by atoms with Crippen molar-refractivity contribution in [2.24, 2.45) is 0 Å². The molecule has 138 valence electrons. The van der Waals surface area contributed by atoms with Crippen LogP contribution in [0.4, 0.5) is 0 Å². The molecule has 0 fully saturated rings. The fourth-order valence-corrected chi connectivity index (χ4v) is 2.19. The van der Waals surface area contributed by atoms with Gasteiger partial charge in [0.05, 0.1) is 13.3 Å². The maximum absolute atomic E-state index is 11.7. The number of benzene rings is 1. The maximum Gasteiger partial charge on any atom is 0.288 e. The van der Waals surface area contributed by atoms with Crippen molar-refractivity contribution in [2.75, 3.05) is 6.67 Å². The van der Waals surface area contributed by atoms with E-state index in [1.807, 2.05) is 30.3 Å². The third-order valence-corrected chi connectivity index (χ3v) is 3.60. The van der Waals surface area contributed by atoms with E-state index in [0.717, 1.165) is 5.56 Å². The van der Waals surface area contributed by atoms with Gasteiger partial charge in [0.1, 0.15) is 0 Å². The van der Waals surface area contributed by atoms with E-state index in [1.165, 1.54) is 6.07 Å². The average Bonchev–Trinajstić information content (AvgIpc) is 3.07. The summed E-state index contributed by atoms with van der Waals surface area (Å²) in [5.74, 6) is -1.10. The van der Waals surface area contributed by atoms with Crippen molar-refractivity contribution in [1.29, 1.82) is 0 Å².